The number of benzene rings is 2. The first-order valence-corrected chi connectivity index (χ1v) is 6.79. The third-order valence-corrected chi connectivity index (χ3v) is 3.67. The molecule has 0 fully saturated rings. The molecule has 0 radical (unpaired) electrons. The van der Waals surface area contributed by atoms with Crippen molar-refractivity contribution >= 4 is 21.7 Å². The second-order valence-corrected chi connectivity index (χ2v) is 5.00. The number of methoxy groups -OCH3 is 1. The Labute approximate surface area is 125 Å². The summed E-state index contributed by atoms with van der Waals surface area (Å²) in [7, 11) is 1.52. The molecule has 2 aromatic rings. The van der Waals surface area contributed by atoms with Gasteiger partial charge in [0, 0.05) is 15.6 Å². The van der Waals surface area contributed by atoms with Gasteiger partial charge in [-0.3, -0.25) is 4.79 Å². The molecule has 0 aliphatic carbocycles. The molecule has 0 aliphatic heterocycles. The van der Waals surface area contributed by atoms with Gasteiger partial charge < -0.3 is 4.74 Å². The lowest BCUT2D eigenvalue weighted by molar-refractivity contribution is 0.0977. The molecule has 0 heterocycles. The topological polar surface area (TPSA) is 50.1 Å². The minimum absolute atomic E-state index is 0.246. The van der Waals surface area contributed by atoms with Gasteiger partial charge in [0.15, 0.2) is 5.78 Å². The predicted molar refractivity (Wildman–Crippen MR) is 79.8 cm³/mol. The molecule has 2 aromatic carbocycles. The van der Waals surface area contributed by atoms with Crippen LogP contribution >= 0.6 is 15.9 Å². The van der Waals surface area contributed by atoms with Gasteiger partial charge in [0.25, 0.3) is 0 Å². The van der Waals surface area contributed by atoms with Gasteiger partial charge in [-0.1, -0.05) is 52.3 Å². The molecular formula is C16H12BrNO2. The molecule has 3 nitrogen and oxygen atoms in total. The molecule has 4 heteroatoms. The number of para-hydroxylation sites is 1. The summed E-state index contributed by atoms with van der Waals surface area (Å²) in [6, 6.07) is 16.2. The molecule has 1 atom stereocenters. The van der Waals surface area contributed by atoms with E-state index in [1.54, 1.807) is 42.5 Å². The quantitative estimate of drug-likeness (QED) is 0.798. The summed E-state index contributed by atoms with van der Waals surface area (Å²) in [5.41, 5.74) is 1.07. The third-order valence-electron chi connectivity index (χ3n) is 2.98. The Bertz CT molecular complexity index is 676. The van der Waals surface area contributed by atoms with Crippen LogP contribution in [-0.4, -0.2) is 12.9 Å². The van der Waals surface area contributed by atoms with Crippen LogP contribution < -0.4 is 4.74 Å². The lowest BCUT2D eigenvalue weighted by Crippen LogP contribution is -2.13. The monoisotopic (exact) mass is 329 g/mol. The highest BCUT2D eigenvalue weighted by Gasteiger charge is 2.25. The first kappa shape index (κ1) is 14.3. The Morgan fingerprint density at radius 3 is 2.50 bits per heavy atom. The number of nitriles is 1. The summed E-state index contributed by atoms with van der Waals surface area (Å²) in [6.07, 6.45) is 0. The fraction of sp³-hybridized carbons (Fsp3) is 0.125. The van der Waals surface area contributed by atoms with Crippen molar-refractivity contribution in [3.63, 3.8) is 0 Å². The summed E-state index contributed by atoms with van der Waals surface area (Å²) < 4.78 is 5.91. The van der Waals surface area contributed by atoms with Gasteiger partial charge in [0.1, 0.15) is 11.7 Å². The van der Waals surface area contributed by atoms with Crippen LogP contribution in [0.3, 0.4) is 0 Å². The number of nitrogens with zero attached hydrogens (tertiary/aromatic N) is 1. The van der Waals surface area contributed by atoms with Crippen molar-refractivity contribution in [2.24, 2.45) is 0 Å². The van der Waals surface area contributed by atoms with Gasteiger partial charge >= 0.3 is 0 Å². The summed E-state index contributed by atoms with van der Waals surface area (Å²) in [6.45, 7) is 0. The van der Waals surface area contributed by atoms with Crippen LogP contribution in [-0.2, 0) is 0 Å². The standard InChI is InChI=1S/C16H12BrNO2/c1-20-15-9-5-3-6-11(15)13(10-18)16(19)12-7-2-4-8-14(12)17/h2-9,13H,1H3. The first-order chi connectivity index (χ1) is 9.69. The second kappa shape index (κ2) is 6.36. The number of ketones is 1. The molecular weight excluding hydrogens is 318 g/mol. The van der Waals surface area contributed by atoms with Crippen LogP contribution in [0.4, 0.5) is 0 Å². The van der Waals surface area contributed by atoms with E-state index in [4.69, 9.17) is 4.74 Å². The molecule has 2 rings (SSSR count). The van der Waals surface area contributed by atoms with E-state index >= 15 is 0 Å². The Morgan fingerprint density at radius 2 is 1.85 bits per heavy atom. The van der Waals surface area contributed by atoms with Crippen LogP contribution in [0.2, 0.25) is 0 Å². The van der Waals surface area contributed by atoms with Gasteiger partial charge in [-0.2, -0.15) is 5.26 Å². The molecule has 100 valence electrons. The number of carbonyl (C=O) groups is 1. The molecule has 0 amide bonds. The molecule has 0 bridgehead atoms. The Kier molecular flexibility index (Phi) is 4.54. The number of hydrogen-bond donors (Lipinski definition) is 0. The van der Waals surface area contributed by atoms with Gasteiger partial charge in [-0.15, -0.1) is 0 Å². The maximum Gasteiger partial charge on any atom is 0.185 e. The Morgan fingerprint density at radius 1 is 1.20 bits per heavy atom. The highest BCUT2D eigenvalue weighted by Crippen LogP contribution is 2.30. The van der Waals surface area contributed by atoms with E-state index in [0.717, 1.165) is 0 Å². The van der Waals surface area contributed by atoms with E-state index in [1.807, 2.05) is 6.07 Å². The molecule has 20 heavy (non-hydrogen) atoms. The van der Waals surface area contributed by atoms with Crippen LogP contribution in [0.25, 0.3) is 0 Å². The lowest BCUT2D eigenvalue weighted by atomic mass is 9.91. The predicted octanol–water partition coefficient (Wildman–Crippen LogP) is 3.95. The number of carbonyl (C=O) groups excluding carboxylic acids is 1. The van der Waals surface area contributed by atoms with Crippen LogP contribution in [0.1, 0.15) is 21.8 Å². The van der Waals surface area contributed by atoms with Crippen molar-refractivity contribution in [2.45, 2.75) is 5.92 Å². The first-order valence-electron chi connectivity index (χ1n) is 6.00. The van der Waals surface area contributed by atoms with Crippen LogP contribution in [0, 0.1) is 11.3 Å². The molecule has 1 unspecified atom stereocenters. The van der Waals surface area contributed by atoms with E-state index in [9.17, 15) is 10.1 Å². The van der Waals surface area contributed by atoms with Crippen molar-refractivity contribution in [3.05, 3.63) is 64.1 Å². The zero-order chi connectivity index (χ0) is 14.5. The fourth-order valence-corrected chi connectivity index (χ4v) is 2.47. The van der Waals surface area contributed by atoms with E-state index in [2.05, 4.69) is 22.0 Å². The largest absolute Gasteiger partial charge is 0.496 e. The Balaban J connectivity index is 2.46. The van der Waals surface area contributed by atoms with Crippen molar-refractivity contribution in [1.82, 2.24) is 0 Å². The zero-order valence-electron chi connectivity index (χ0n) is 10.8. The summed E-state index contributed by atoms with van der Waals surface area (Å²) in [5.74, 6) is -0.589. The summed E-state index contributed by atoms with van der Waals surface area (Å²) >= 11 is 3.34. The number of hydrogen-bond acceptors (Lipinski definition) is 3. The maximum atomic E-state index is 12.6. The molecule has 0 aromatic heterocycles. The van der Waals surface area contributed by atoms with Crippen molar-refractivity contribution in [3.8, 4) is 11.8 Å². The molecule has 0 N–H and O–H groups in total. The minimum Gasteiger partial charge on any atom is -0.496 e. The highest BCUT2D eigenvalue weighted by atomic mass is 79.9. The average molecular weight is 330 g/mol. The molecule has 0 spiro atoms. The highest BCUT2D eigenvalue weighted by molar-refractivity contribution is 9.10. The van der Waals surface area contributed by atoms with Crippen LogP contribution in [0.5, 0.6) is 5.75 Å². The number of ether oxygens (including phenoxy) is 1. The van der Waals surface area contributed by atoms with E-state index < -0.39 is 5.92 Å². The minimum atomic E-state index is -0.884. The van der Waals surface area contributed by atoms with E-state index in [-0.39, 0.29) is 5.78 Å². The number of halogens is 1. The summed E-state index contributed by atoms with van der Waals surface area (Å²) in [4.78, 5) is 12.6. The van der Waals surface area contributed by atoms with E-state index in [1.165, 1.54) is 7.11 Å². The van der Waals surface area contributed by atoms with Gasteiger partial charge in [-0.25, -0.2) is 0 Å². The third kappa shape index (κ3) is 2.73. The number of Topliss-reactive ketones (excluding diaryl/α,β-unsaturated/α-hetero) is 1. The van der Waals surface area contributed by atoms with Crippen molar-refractivity contribution in [2.75, 3.05) is 7.11 Å². The van der Waals surface area contributed by atoms with E-state index in [0.29, 0.717) is 21.3 Å². The number of rotatable bonds is 4. The Hall–Kier alpha value is -2.12. The van der Waals surface area contributed by atoms with Gasteiger partial charge in [-0.05, 0) is 12.1 Å². The second-order valence-electron chi connectivity index (χ2n) is 4.15. The van der Waals surface area contributed by atoms with Crippen molar-refractivity contribution < 1.29 is 9.53 Å². The zero-order valence-corrected chi connectivity index (χ0v) is 12.4. The van der Waals surface area contributed by atoms with Gasteiger partial charge in [0.2, 0.25) is 0 Å². The average Bonchev–Trinajstić information content (AvgIpc) is 2.49. The molecule has 0 saturated carbocycles. The normalized spacial score (nSPS) is 11.4. The van der Waals surface area contributed by atoms with Crippen molar-refractivity contribution in [1.29, 1.82) is 5.26 Å². The lowest BCUT2D eigenvalue weighted by Gasteiger charge is -2.13. The maximum absolute atomic E-state index is 12.6. The molecule has 0 saturated heterocycles. The SMILES string of the molecule is COc1ccccc1C(C#N)C(=O)c1ccccc1Br. The molecule has 0 aliphatic rings. The summed E-state index contributed by atoms with van der Waals surface area (Å²) in [5, 5.41) is 9.38. The smallest absolute Gasteiger partial charge is 0.185 e. The van der Waals surface area contributed by atoms with Crippen LogP contribution in [0.15, 0.2) is 53.0 Å². The fourth-order valence-electron chi connectivity index (χ4n) is 1.99. The van der Waals surface area contributed by atoms with Gasteiger partial charge in [0.05, 0.1) is 13.2 Å².